The number of aromatic carboxylic acids is 1. The summed E-state index contributed by atoms with van der Waals surface area (Å²) >= 11 is 0. The summed E-state index contributed by atoms with van der Waals surface area (Å²) in [6.07, 6.45) is 0. The second-order valence-electron chi connectivity index (χ2n) is 4.94. The van der Waals surface area contributed by atoms with Gasteiger partial charge in [0.25, 0.3) is 0 Å². The Morgan fingerprint density at radius 2 is 2.00 bits per heavy atom. The zero-order chi connectivity index (χ0) is 15.4. The average Bonchev–Trinajstić information content (AvgIpc) is 2.46. The molecule has 0 unspecified atom stereocenters. The largest absolute Gasteiger partial charge is 0.496 e. The molecule has 0 saturated carbocycles. The van der Waals surface area contributed by atoms with Gasteiger partial charge in [-0.3, -0.25) is 0 Å². The number of anilines is 1. The Bertz CT molecular complexity index is 665. The third-order valence-corrected chi connectivity index (χ3v) is 3.51. The molecule has 0 spiro atoms. The molecule has 0 aliphatic heterocycles. The lowest BCUT2D eigenvalue weighted by atomic mass is 10.1. The summed E-state index contributed by atoms with van der Waals surface area (Å²) in [5, 5.41) is 12.4. The predicted molar refractivity (Wildman–Crippen MR) is 83.2 cm³/mol. The van der Waals surface area contributed by atoms with E-state index in [-0.39, 0.29) is 0 Å². The van der Waals surface area contributed by atoms with E-state index in [0.717, 1.165) is 28.1 Å². The highest BCUT2D eigenvalue weighted by Gasteiger charge is 2.09. The Kier molecular flexibility index (Phi) is 4.48. The number of rotatable bonds is 5. The lowest BCUT2D eigenvalue weighted by Crippen LogP contribution is -2.06. The fourth-order valence-electron chi connectivity index (χ4n) is 2.31. The molecule has 0 radical (unpaired) electrons. The summed E-state index contributed by atoms with van der Waals surface area (Å²) in [4.78, 5) is 11.1. The van der Waals surface area contributed by atoms with Crippen molar-refractivity contribution in [2.75, 3.05) is 12.4 Å². The molecule has 0 aliphatic carbocycles. The maximum absolute atomic E-state index is 11.1. The maximum Gasteiger partial charge on any atom is 0.336 e. The Balaban J connectivity index is 2.15. The third kappa shape index (κ3) is 3.34. The maximum atomic E-state index is 11.1. The van der Waals surface area contributed by atoms with E-state index in [1.165, 1.54) is 0 Å². The van der Waals surface area contributed by atoms with Crippen LogP contribution in [0.15, 0.2) is 36.4 Å². The Hall–Kier alpha value is -2.49. The van der Waals surface area contributed by atoms with Gasteiger partial charge in [0.05, 0.1) is 12.7 Å². The van der Waals surface area contributed by atoms with Crippen molar-refractivity contribution in [1.29, 1.82) is 0 Å². The summed E-state index contributed by atoms with van der Waals surface area (Å²) in [7, 11) is 1.65. The molecule has 0 aliphatic rings. The normalized spacial score (nSPS) is 10.2. The predicted octanol–water partition coefficient (Wildman–Crippen LogP) is 3.62. The van der Waals surface area contributed by atoms with Gasteiger partial charge in [-0.15, -0.1) is 0 Å². The minimum absolute atomic E-state index is 0.325. The molecular formula is C17H19NO3. The molecule has 2 N–H and O–H groups in total. The summed E-state index contributed by atoms with van der Waals surface area (Å²) < 4.78 is 5.24. The van der Waals surface area contributed by atoms with Crippen LogP contribution in [0.4, 0.5) is 5.69 Å². The topological polar surface area (TPSA) is 58.6 Å². The number of aryl methyl sites for hydroxylation is 1. The number of ether oxygens (including phenoxy) is 1. The van der Waals surface area contributed by atoms with E-state index in [2.05, 4.69) is 11.4 Å². The summed E-state index contributed by atoms with van der Waals surface area (Å²) in [6, 6.07) is 11.2. The van der Waals surface area contributed by atoms with Crippen LogP contribution < -0.4 is 10.1 Å². The van der Waals surface area contributed by atoms with Gasteiger partial charge in [-0.2, -0.15) is 0 Å². The van der Waals surface area contributed by atoms with Crippen LogP contribution in [-0.4, -0.2) is 18.2 Å². The number of carbonyl (C=O) groups is 1. The molecule has 0 amide bonds. The standard InChI is InChI=1S/C17H19NO3/c1-11-9-13(7-8-16(11)21-3)10-18-15-6-4-5-14(12(15)2)17(19)20/h4-9,18H,10H2,1-3H3,(H,19,20). The second kappa shape index (κ2) is 6.31. The minimum atomic E-state index is -0.906. The smallest absolute Gasteiger partial charge is 0.336 e. The molecule has 2 rings (SSSR count). The highest BCUT2D eigenvalue weighted by Crippen LogP contribution is 2.22. The lowest BCUT2D eigenvalue weighted by molar-refractivity contribution is 0.0696. The summed E-state index contributed by atoms with van der Waals surface area (Å²) in [5.74, 6) is -0.0424. The fourth-order valence-corrected chi connectivity index (χ4v) is 2.31. The van der Waals surface area contributed by atoms with Gasteiger partial charge in [0.15, 0.2) is 0 Å². The second-order valence-corrected chi connectivity index (χ2v) is 4.94. The highest BCUT2D eigenvalue weighted by molar-refractivity contribution is 5.91. The van der Waals surface area contributed by atoms with Crippen molar-refractivity contribution in [2.45, 2.75) is 20.4 Å². The molecule has 2 aromatic carbocycles. The first kappa shape index (κ1) is 14.9. The number of hydrogen-bond acceptors (Lipinski definition) is 3. The zero-order valence-electron chi connectivity index (χ0n) is 12.4. The van der Waals surface area contributed by atoms with Gasteiger partial charge in [-0.05, 0) is 48.7 Å². The first-order chi connectivity index (χ1) is 10.0. The zero-order valence-corrected chi connectivity index (χ0v) is 12.4. The fraction of sp³-hybridized carbons (Fsp3) is 0.235. The van der Waals surface area contributed by atoms with Gasteiger partial charge in [0, 0.05) is 12.2 Å². The highest BCUT2D eigenvalue weighted by atomic mass is 16.5. The van der Waals surface area contributed by atoms with Crippen LogP contribution in [-0.2, 0) is 6.54 Å². The number of methoxy groups -OCH3 is 1. The van der Waals surface area contributed by atoms with Gasteiger partial charge in [0.2, 0.25) is 0 Å². The van der Waals surface area contributed by atoms with Crippen molar-refractivity contribution in [3.63, 3.8) is 0 Å². The van der Waals surface area contributed by atoms with Crippen molar-refractivity contribution < 1.29 is 14.6 Å². The lowest BCUT2D eigenvalue weighted by Gasteiger charge is -2.12. The molecule has 21 heavy (non-hydrogen) atoms. The molecule has 0 atom stereocenters. The van der Waals surface area contributed by atoms with E-state index in [0.29, 0.717) is 12.1 Å². The Morgan fingerprint density at radius 1 is 1.24 bits per heavy atom. The molecule has 0 bridgehead atoms. The molecule has 0 saturated heterocycles. The van der Waals surface area contributed by atoms with Crippen LogP contribution in [0.25, 0.3) is 0 Å². The van der Waals surface area contributed by atoms with Crippen LogP contribution >= 0.6 is 0 Å². The summed E-state index contributed by atoms with van der Waals surface area (Å²) in [5.41, 5.74) is 4.10. The molecule has 0 aromatic heterocycles. The van der Waals surface area contributed by atoms with Crippen molar-refractivity contribution in [3.8, 4) is 5.75 Å². The van der Waals surface area contributed by atoms with Crippen LogP contribution in [0.2, 0.25) is 0 Å². The van der Waals surface area contributed by atoms with E-state index >= 15 is 0 Å². The van der Waals surface area contributed by atoms with Crippen LogP contribution in [0, 0.1) is 13.8 Å². The van der Waals surface area contributed by atoms with Gasteiger partial charge in [0.1, 0.15) is 5.75 Å². The molecular weight excluding hydrogens is 266 g/mol. The molecule has 0 fully saturated rings. The average molecular weight is 285 g/mol. The first-order valence-electron chi connectivity index (χ1n) is 6.73. The molecule has 2 aromatic rings. The van der Waals surface area contributed by atoms with Crippen molar-refractivity contribution in [3.05, 3.63) is 58.7 Å². The van der Waals surface area contributed by atoms with Gasteiger partial charge < -0.3 is 15.2 Å². The number of benzene rings is 2. The summed E-state index contributed by atoms with van der Waals surface area (Å²) in [6.45, 7) is 4.44. The Morgan fingerprint density at radius 3 is 2.62 bits per heavy atom. The molecule has 4 heteroatoms. The first-order valence-corrected chi connectivity index (χ1v) is 6.73. The van der Waals surface area contributed by atoms with E-state index in [1.54, 1.807) is 19.2 Å². The van der Waals surface area contributed by atoms with E-state index < -0.39 is 5.97 Å². The van der Waals surface area contributed by atoms with Gasteiger partial charge in [-0.1, -0.05) is 18.2 Å². The molecule has 110 valence electrons. The van der Waals surface area contributed by atoms with Crippen molar-refractivity contribution in [2.24, 2.45) is 0 Å². The number of carboxylic acids is 1. The van der Waals surface area contributed by atoms with Crippen LogP contribution in [0.1, 0.15) is 27.0 Å². The monoisotopic (exact) mass is 285 g/mol. The van der Waals surface area contributed by atoms with Crippen LogP contribution in [0.5, 0.6) is 5.75 Å². The van der Waals surface area contributed by atoms with Crippen molar-refractivity contribution >= 4 is 11.7 Å². The SMILES string of the molecule is COc1ccc(CNc2cccc(C(=O)O)c2C)cc1C. The van der Waals surface area contributed by atoms with Crippen molar-refractivity contribution in [1.82, 2.24) is 0 Å². The Labute approximate surface area is 124 Å². The minimum Gasteiger partial charge on any atom is -0.496 e. The van der Waals surface area contributed by atoms with E-state index in [4.69, 9.17) is 9.84 Å². The van der Waals surface area contributed by atoms with E-state index in [1.807, 2.05) is 32.0 Å². The number of nitrogens with one attached hydrogen (secondary N) is 1. The molecule has 0 heterocycles. The third-order valence-electron chi connectivity index (χ3n) is 3.51. The number of carboxylic acid groups (broad SMARTS) is 1. The van der Waals surface area contributed by atoms with Gasteiger partial charge >= 0.3 is 5.97 Å². The van der Waals surface area contributed by atoms with E-state index in [9.17, 15) is 4.79 Å². The molecule has 4 nitrogen and oxygen atoms in total. The quantitative estimate of drug-likeness (QED) is 0.881. The van der Waals surface area contributed by atoms with Gasteiger partial charge in [-0.25, -0.2) is 4.79 Å². The number of hydrogen-bond donors (Lipinski definition) is 2. The van der Waals surface area contributed by atoms with Crippen LogP contribution in [0.3, 0.4) is 0 Å².